The SMILES string of the molecule is C[C@H](NCC(=O)Nc1ccc(C#N)cc1)c1cc(F)c(Cl)cc1Cl. The van der Waals surface area contributed by atoms with Crippen molar-refractivity contribution >= 4 is 34.8 Å². The smallest absolute Gasteiger partial charge is 0.238 e. The normalized spacial score (nSPS) is 11.6. The number of anilines is 1. The maximum atomic E-state index is 13.5. The fourth-order valence-electron chi connectivity index (χ4n) is 2.06. The second-order valence-corrected chi connectivity index (χ2v) is 5.94. The van der Waals surface area contributed by atoms with Gasteiger partial charge in [-0.15, -0.1) is 0 Å². The molecule has 0 saturated carbocycles. The largest absolute Gasteiger partial charge is 0.325 e. The first-order valence-electron chi connectivity index (χ1n) is 7.08. The highest BCUT2D eigenvalue weighted by Crippen LogP contribution is 2.28. The first-order chi connectivity index (χ1) is 11.4. The van der Waals surface area contributed by atoms with Gasteiger partial charge in [0.15, 0.2) is 0 Å². The fourth-order valence-corrected chi connectivity index (χ4v) is 2.61. The quantitative estimate of drug-likeness (QED) is 0.776. The van der Waals surface area contributed by atoms with Crippen molar-refractivity contribution in [3.63, 3.8) is 0 Å². The van der Waals surface area contributed by atoms with E-state index in [4.69, 9.17) is 28.5 Å². The number of carbonyl (C=O) groups excluding carboxylic acids is 1. The molecular formula is C17H14Cl2FN3O. The van der Waals surface area contributed by atoms with Gasteiger partial charge < -0.3 is 10.6 Å². The van der Waals surface area contributed by atoms with Gasteiger partial charge in [0.25, 0.3) is 0 Å². The molecule has 2 rings (SSSR count). The van der Waals surface area contributed by atoms with Gasteiger partial charge in [0.2, 0.25) is 5.91 Å². The van der Waals surface area contributed by atoms with Crippen LogP contribution >= 0.6 is 23.2 Å². The lowest BCUT2D eigenvalue weighted by atomic mass is 10.1. The Morgan fingerprint density at radius 1 is 1.25 bits per heavy atom. The average Bonchev–Trinajstić information content (AvgIpc) is 2.56. The predicted molar refractivity (Wildman–Crippen MR) is 92.6 cm³/mol. The second-order valence-electron chi connectivity index (χ2n) is 5.13. The summed E-state index contributed by atoms with van der Waals surface area (Å²) in [5.74, 6) is -0.830. The maximum absolute atomic E-state index is 13.5. The summed E-state index contributed by atoms with van der Waals surface area (Å²) in [5.41, 5.74) is 1.62. The van der Waals surface area contributed by atoms with Gasteiger partial charge >= 0.3 is 0 Å². The van der Waals surface area contributed by atoms with Crippen molar-refractivity contribution in [2.45, 2.75) is 13.0 Å². The monoisotopic (exact) mass is 365 g/mol. The molecule has 0 aromatic heterocycles. The molecule has 0 aliphatic carbocycles. The Bertz CT molecular complexity index is 788. The molecular weight excluding hydrogens is 352 g/mol. The van der Waals surface area contributed by atoms with E-state index in [0.29, 0.717) is 21.8 Å². The van der Waals surface area contributed by atoms with Crippen molar-refractivity contribution in [2.24, 2.45) is 0 Å². The summed E-state index contributed by atoms with van der Waals surface area (Å²) in [6.45, 7) is 1.78. The number of nitrogens with one attached hydrogen (secondary N) is 2. The number of carbonyl (C=O) groups is 1. The van der Waals surface area contributed by atoms with E-state index in [2.05, 4.69) is 10.6 Å². The summed E-state index contributed by atoms with van der Waals surface area (Å²) in [5, 5.41) is 14.7. The van der Waals surface area contributed by atoms with Gasteiger partial charge in [0.05, 0.1) is 23.2 Å². The fraction of sp³-hybridized carbons (Fsp3) is 0.176. The minimum Gasteiger partial charge on any atom is -0.325 e. The van der Waals surface area contributed by atoms with Crippen molar-refractivity contribution in [1.29, 1.82) is 5.26 Å². The Balaban J connectivity index is 1.93. The van der Waals surface area contributed by atoms with Crippen LogP contribution in [0, 0.1) is 17.1 Å². The third-order valence-corrected chi connectivity index (χ3v) is 3.99. The molecule has 2 N–H and O–H groups in total. The van der Waals surface area contributed by atoms with E-state index < -0.39 is 5.82 Å². The molecule has 24 heavy (non-hydrogen) atoms. The van der Waals surface area contributed by atoms with E-state index in [1.54, 1.807) is 31.2 Å². The molecule has 2 aromatic carbocycles. The van der Waals surface area contributed by atoms with E-state index >= 15 is 0 Å². The number of rotatable bonds is 5. The van der Waals surface area contributed by atoms with Crippen LogP contribution in [0.1, 0.15) is 24.1 Å². The molecule has 1 atom stereocenters. The highest BCUT2D eigenvalue weighted by molar-refractivity contribution is 6.35. The lowest BCUT2D eigenvalue weighted by Crippen LogP contribution is -2.30. The van der Waals surface area contributed by atoms with Crippen LogP contribution in [0.25, 0.3) is 0 Å². The maximum Gasteiger partial charge on any atom is 0.238 e. The number of nitrogens with zero attached hydrogens (tertiary/aromatic N) is 1. The summed E-state index contributed by atoms with van der Waals surface area (Å²) >= 11 is 11.7. The van der Waals surface area contributed by atoms with Gasteiger partial charge in [-0.3, -0.25) is 4.79 Å². The van der Waals surface area contributed by atoms with E-state index in [-0.39, 0.29) is 23.5 Å². The third kappa shape index (κ3) is 4.68. The van der Waals surface area contributed by atoms with E-state index in [1.807, 2.05) is 6.07 Å². The van der Waals surface area contributed by atoms with Crippen LogP contribution in [0.4, 0.5) is 10.1 Å². The van der Waals surface area contributed by atoms with Crippen LogP contribution in [0.15, 0.2) is 36.4 Å². The van der Waals surface area contributed by atoms with Crippen molar-refractivity contribution in [3.8, 4) is 6.07 Å². The molecule has 0 saturated heterocycles. The van der Waals surface area contributed by atoms with Gasteiger partial charge in [-0.2, -0.15) is 5.26 Å². The molecule has 0 aliphatic rings. The molecule has 0 aliphatic heterocycles. The molecule has 124 valence electrons. The number of nitriles is 1. The zero-order valence-corrected chi connectivity index (χ0v) is 14.2. The molecule has 7 heteroatoms. The summed E-state index contributed by atoms with van der Waals surface area (Å²) in [7, 11) is 0. The van der Waals surface area contributed by atoms with Crippen molar-refractivity contribution in [2.75, 3.05) is 11.9 Å². The highest BCUT2D eigenvalue weighted by Gasteiger charge is 2.14. The topological polar surface area (TPSA) is 64.9 Å². The summed E-state index contributed by atoms with van der Waals surface area (Å²) < 4.78 is 13.5. The zero-order chi connectivity index (χ0) is 17.7. The Labute approximate surface area is 149 Å². The van der Waals surface area contributed by atoms with Crippen molar-refractivity contribution in [1.82, 2.24) is 5.32 Å². The molecule has 0 spiro atoms. The van der Waals surface area contributed by atoms with Gasteiger partial charge in [-0.1, -0.05) is 23.2 Å². The Morgan fingerprint density at radius 2 is 1.92 bits per heavy atom. The molecule has 0 fully saturated rings. The summed E-state index contributed by atoms with van der Waals surface area (Å²) in [4.78, 5) is 11.9. The number of halogens is 3. The van der Waals surface area contributed by atoms with Gasteiger partial charge in [-0.25, -0.2) is 4.39 Å². The van der Waals surface area contributed by atoms with Crippen LogP contribution in [0.3, 0.4) is 0 Å². The molecule has 0 radical (unpaired) electrons. The van der Waals surface area contributed by atoms with Gasteiger partial charge in [0.1, 0.15) is 5.82 Å². The third-order valence-electron chi connectivity index (χ3n) is 3.37. The van der Waals surface area contributed by atoms with Gasteiger partial charge in [-0.05, 0) is 48.9 Å². The minimum atomic E-state index is -0.563. The highest BCUT2D eigenvalue weighted by atomic mass is 35.5. The first kappa shape index (κ1) is 18.2. The van der Waals surface area contributed by atoms with E-state index in [9.17, 15) is 9.18 Å². The second kappa shape index (κ2) is 8.11. The first-order valence-corrected chi connectivity index (χ1v) is 7.84. The van der Waals surface area contributed by atoms with Crippen LogP contribution in [-0.4, -0.2) is 12.5 Å². The zero-order valence-electron chi connectivity index (χ0n) is 12.7. The Kier molecular flexibility index (Phi) is 6.16. The molecule has 0 heterocycles. The minimum absolute atomic E-state index is 0.0156. The average molecular weight is 366 g/mol. The van der Waals surface area contributed by atoms with E-state index in [0.717, 1.165) is 0 Å². The number of hydrogen-bond donors (Lipinski definition) is 2. The summed E-state index contributed by atoms with van der Waals surface area (Å²) in [6.07, 6.45) is 0. The molecule has 1 amide bonds. The number of benzene rings is 2. The predicted octanol–water partition coefficient (Wildman–Crippen LogP) is 4.29. The molecule has 2 aromatic rings. The van der Waals surface area contributed by atoms with Gasteiger partial charge in [0, 0.05) is 16.8 Å². The van der Waals surface area contributed by atoms with Crippen LogP contribution in [0.5, 0.6) is 0 Å². The summed E-state index contributed by atoms with van der Waals surface area (Å²) in [6, 6.07) is 10.8. The molecule has 4 nitrogen and oxygen atoms in total. The van der Waals surface area contributed by atoms with Crippen molar-refractivity contribution < 1.29 is 9.18 Å². The lowest BCUT2D eigenvalue weighted by molar-refractivity contribution is -0.115. The molecule has 0 bridgehead atoms. The van der Waals surface area contributed by atoms with E-state index in [1.165, 1.54) is 12.1 Å². The Hall–Kier alpha value is -2.13. The molecule has 0 unspecified atom stereocenters. The Morgan fingerprint density at radius 3 is 2.54 bits per heavy atom. The van der Waals surface area contributed by atoms with Crippen molar-refractivity contribution in [3.05, 3.63) is 63.4 Å². The van der Waals surface area contributed by atoms with Crippen LogP contribution in [0.2, 0.25) is 10.0 Å². The van der Waals surface area contributed by atoms with Crippen LogP contribution in [-0.2, 0) is 4.79 Å². The van der Waals surface area contributed by atoms with Crippen LogP contribution < -0.4 is 10.6 Å². The number of amides is 1. The lowest BCUT2D eigenvalue weighted by Gasteiger charge is -2.16. The standard InChI is InChI=1S/C17H14Cl2FN3O/c1-10(13-6-16(20)15(19)7-14(13)18)22-9-17(24)23-12-4-2-11(8-21)3-5-12/h2-7,10,22H,9H2,1H3,(H,23,24)/t10-/m0/s1. The number of hydrogen-bond acceptors (Lipinski definition) is 3.